The summed E-state index contributed by atoms with van der Waals surface area (Å²) in [6.45, 7) is 4.39. The molecule has 114 valence electrons. The highest BCUT2D eigenvalue weighted by Crippen LogP contribution is 2.20. The summed E-state index contributed by atoms with van der Waals surface area (Å²) in [5, 5.41) is 0. The predicted octanol–water partition coefficient (Wildman–Crippen LogP) is 1.27. The molecule has 0 aliphatic heterocycles. The predicted molar refractivity (Wildman–Crippen MR) is 78.3 cm³/mol. The fraction of sp³-hybridized carbons (Fsp3) is 0.538. The Bertz CT molecular complexity index is 559. The Hall–Kier alpha value is -1.18. The molecule has 5 nitrogen and oxygen atoms in total. The van der Waals surface area contributed by atoms with Crippen molar-refractivity contribution in [1.29, 1.82) is 0 Å². The molecule has 1 atom stereocenters. The van der Waals surface area contributed by atoms with E-state index in [-0.39, 0.29) is 22.5 Å². The quantitative estimate of drug-likeness (QED) is 0.776. The molecule has 0 radical (unpaired) electrons. The van der Waals surface area contributed by atoms with Crippen LogP contribution in [0.3, 0.4) is 0 Å². The smallest absolute Gasteiger partial charge is 0.243 e. The van der Waals surface area contributed by atoms with Gasteiger partial charge in [-0.2, -0.15) is 0 Å². The minimum atomic E-state index is -3.84. The molecule has 0 aliphatic carbocycles. The SMILES string of the molecule is CC(C)C(CN(C)C)NS(=O)(=O)c1cc(F)ccc1N. The molecule has 0 saturated carbocycles. The van der Waals surface area contributed by atoms with E-state index in [1.165, 1.54) is 6.07 Å². The van der Waals surface area contributed by atoms with Gasteiger partial charge in [0.25, 0.3) is 0 Å². The van der Waals surface area contributed by atoms with Crippen molar-refractivity contribution in [2.75, 3.05) is 26.4 Å². The number of nitrogens with zero attached hydrogens (tertiary/aromatic N) is 1. The first-order chi connectivity index (χ1) is 9.13. The maximum Gasteiger partial charge on any atom is 0.243 e. The molecule has 1 unspecified atom stereocenters. The van der Waals surface area contributed by atoms with Crippen molar-refractivity contribution in [2.45, 2.75) is 24.8 Å². The Morgan fingerprint density at radius 1 is 1.35 bits per heavy atom. The average molecular weight is 303 g/mol. The first-order valence-electron chi connectivity index (χ1n) is 6.35. The minimum absolute atomic E-state index is 0.0336. The van der Waals surface area contributed by atoms with Crippen LogP contribution < -0.4 is 10.5 Å². The number of likely N-dealkylation sites (N-methyl/N-ethyl adjacent to an activating group) is 1. The summed E-state index contributed by atoms with van der Waals surface area (Å²) in [7, 11) is -0.122. The van der Waals surface area contributed by atoms with Crippen molar-refractivity contribution in [3.8, 4) is 0 Å². The lowest BCUT2D eigenvalue weighted by molar-refractivity contribution is 0.314. The molecule has 0 bridgehead atoms. The molecule has 1 rings (SSSR count). The van der Waals surface area contributed by atoms with E-state index in [0.717, 1.165) is 12.1 Å². The molecule has 3 N–H and O–H groups in total. The van der Waals surface area contributed by atoms with Gasteiger partial charge in [0.05, 0.1) is 5.69 Å². The molecule has 1 aromatic carbocycles. The number of anilines is 1. The van der Waals surface area contributed by atoms with E-state index in [1.54, 1.807) is 0 Å². The molecule has 0 aliphatic rings. The number of nitrogens with two attached hydrogens (primary N) is 1. The zero-order valence-electron chi connectivity index (χ0n) is 12.2. The zero-order chi connectivity index (χ0) is 15.5. The van der Waals surface area contributed by atoms with Crippen molar-refractivity contribution in [2.24, 2.45) is 5.92 Å². The van der Waals surface area contributed by atoms with Crippen LogP contribution in [-0.4, -0.2) is 40.0 Å². The largest absolute Gasteiger partial charge is 0.398 e. The Balaban J connectivity index is 3.06. The van der Waals surface area contributed by atoms with Gasteiger partial charge in [0, 0.05) is 12.6 Å². The summed E-state index contributed by atoms with van der Waals surface area (Å²) in [4.78, 5) is 1.67. The van der Waals surface area contributed by atoms with Gasteiger partial charge in [-0.25, -0.2) is 17.5 Å². The molecule has 0 aromatic heterocycles. The second kappa shape index (κ2) is 6.51. The first kappa shape index (κ1) is 16.9. The monoisotopic (exact) mass is 303 g/mol. The number of benzene rings is 1. The lowest BCUT2D eigenvalue weighted by Gasteiger charge is -2.25. The number of sulfonamides is 1. The zero-order valence-corrected chi connectivity index (χ0v) is 13.0. The highest BCUT2D eigenvalue weighted by Gasteiger charge is 2.25. The summed E-state index contributed by atoms with van der Waals surface area (Å²) in [5.74, 6) is -0.532. The van der Waals surface area contributed by atoms with Gasteiger partial charge in [-0.15, -0.1) is 0 Å². The van der Waals surface area contributed by atoms with Gasteiger partial charge in [-0.05, 0) is 38.2 Å². The van der Waals surface area contributed by atoms with E-state index >= 15 is 0 Å². The number of hydrogen-bond acceptors (Lipinski definition) is 4. The van der Waals surface area contributed by atoms with Crippen molar-refractivity contribution in [3.05, 3.63) is 24.0 Å². The standard InChI is InChI=1S/C13H22FN3O2S/c1-9(2)12(8-17(3)4)16-20(18,19)13-7-10(14)5-6-11(13)15/h5-7,9,12,16H,8,15H2,1-4H3. The summed E-state index contributed by atoms with van der Waals surface area (Å²) < 4.78 is 40.5. The summed E-state index contributed by atoms with van der Waals surface area (Å²) in [6.07, 6.45) is 0. The third-order valence-electron chi connectivity index (χ3n) is 2.94. The van der Waals surface area contributed by atoms with Crippen LogP contribution in [0, 0.1) is 11.7 Å². The van der Waals surface area contributed by atoms with Crippen LogP contribution in [0.2, 0.25) is 0 Å². The molecular formula is C13H22FN3O2S. The third-order valence-corrected chi connectivity index (χ3v) is 4.48. The highest BCUT2D eigenvalue weighted by molar-refractivity contribution is 7.89. The van der Waals surface area contributed by atoms with E-state index in [1.807, 2.05) is 32.8 Å². The van der Waals surface area contributed by atoms with Gasteiger partial charge >= 0.3 is 0 Å². The average Bonchev–Trinajstić information content (AvgIpc) is 2.30. The molecule has 0 heterocycles. The molecule has 0 spiro atoms. The Morgan fingerprint density at radius 3 is 2.45 bits per heavy atom. The number of halogens is 1. The van der Waals surface area contributed by atoms with Gasteiger partial charge in [0.2, 0.25) is 10.0 Å². The number of rotatable bonds is 6. The van der Waals surface area contributed by atoms with E-state index in [2.05, 4.69) is 4.72 Å². The maximum atomic E-state index is 13.2. The third kappa shape index (κ3) is 4.43. The lowest BCUT2D eigenvalue weighted by atomic mass is 10.1. The first-order valence-corrected chi connectivity index (χ1v) is 7.84. The number of nitrogen functional groups attached to an aromatic ring is 1. The van der Waals surface area contributed by atoms with Crippen molar-refractivity contribution < 1.29 is 12.8 Å². The van der Waals surface area contributed by atoms with Crippen LogP contribution >= 0.6 is 0 Å². The van der Waals surface area contributed by atoms with Crippen molar-refractivity contribution in [1.82, 2.24) is 9.62 Å². The fourth-order valence-electron chi connectivity index (χ4n) is 1.78. The van der Waals surface area contributed by atoms with Crippen LogP contribution in [-0.2, 0) is 10.0 Å². The lowest BCUT2D eigenvalue weighted by Crippen LogP contribution is -2.45. The Morgan fingerprint density at radius 2 is 1.95 bits per heavy atom. The molecule has 0 amide bonds. The fourth-order valence-corrected chi connectivity index (χ4v) is 3.30. The molecule has 7 heteroatoms. The van der Waals surface area contributed by atoms with Gasteiger partial charge in [-0.1, -0.05) is 13.8 Å². The maximum absolute atomic E-state index is 13.2. The van der Waals surface area contributed by atoms with E-state index in [0.29, 0.717) is 6.54 Å². The molecule has 0 fully saturated rings. The summed E-state index contributed by atoms with van der Waals surface area (Å²) in [6, 6.07) is 3.04. The topological polar surface area (TPSA) is 75.4 Å². The van der Waals surface area contributed by atoms with Crippen LogP contribution in [0.5, 0.6) is 0 Å². The second-order valence-corrected chi connectivity index (χ2v) is 7.10. The van der Waals surface area contributed by atoms with Crippen molar-refractivity contribution >= 4 is 15.7 Å². The number of nitrogens with one attached hydrogen (secondary N) is 1. The molecule has 1 aromatic rings. The van der Waals surface area contributed by atoms with Crippen molar-refractivity contribution in [3.63, 3.8) is 0 Å². The normalized spacial score (nSPS) is 13.9. The minimum Gasteiger partial charge on any atom is -0.398 e. The van der Waals surface area contributed by atoms with Gasteiger partial charge in [-0.3, -0.25) is 0 Å². The van der Waals surface area contributed by atoms with Gasteiger partial charge in [0.15, 0.2) is 0 Å². The van der Waals surface area contributed by atoms with Gasteiger partial charge in [0.1, 0.15) is 10.7 Å². The molecule has 0 saturated heterocycles. The second-order valence-electron chi connectivity index (χ2n) is 5.42. The summed E-state index contributed by atoms with van der Waals surface area (Å²) >= 11 is 0. The van der Waals surface area contributed by atoms with Crippen LogP contribution in [0.25, 0.3) is 0 Å². The van der Waals surface area contributed by atoms with Crippen LogP contribution in [0.4, 0.5) is 10.1 Å². The molecular weight excluding hydrogens is 281 g/mol. The van der Waals surface area contributed by atoms with Crippen LogP contribution in [0.15, 0.2) is 23.1 Å². The van der Waals surface area contributed by atoms with Crippen LogP contribution in [0.1, 0.15) is 13.8 Å². The highest BCUT2D eigenvalue weighted by atomic mass is 32.2. The van der Waals surface area contributed by atoms with Gasteiger partial charge < -0.3 is 10.6 Å². The van der Waals surface area contributed by atoms with E-state index < -0.39 is 15.8 Å². The molecule has 20 heavy (non-hydrogen) atoms. The number of hydrogen-bond donors (Lipinski definition) is 2. The van der Waals surface area contributed by atoms with E-state index in [9.17, 15) is 12.8 Å². The summed E-state index contributed by atoms with van der Waals surface area (Å²) in [5.41, 5.74) is 5.67. The Kier molecular flexibility index (Phi) is 5.50. The van der Waals surface area contributed by atoms with E-state index in [4.69, 9.17) is 5.73 Å². The Labute approximate surface area is 120 Å².